The zero-order valence-corrected chi connectivity index (χ0v) is 9.81. The van der Waals surface area contributed by atoms with Gasteiger partial charge >= 0.3 is 0 Å². The van der Waals surface area contributed by atoms with Crippen LogP contribution in [0.5, 0.6) is 0 Å². The quantitative estimate of drug-likeness (QED) is 0.424. The number of hydrogen-bond acceptors (Lipinski definition) is 0. The molecular weight excluding hydrogens is 168 g/mol. The Morgan fingerprint density at radius 2 is 1.93 bits per heavy atom. The van der Waals surface area contributed by atoms with E-state index in [1.807, 2.05) is 0 Å². The third-order valence-corrected chi connectivity index (χ3v) is 3.22. The molecular formula is C14H24. The molecule has 0 aromatic carbocycles. The molecule has 0 radical (unpaired) electrons. The molecule has 0 N–H and O–H groups in total. The van der Waals surface area contributed by atoms with Crippen molar-refractivity contribution in [2.45, 2.75) is 65.2 Å². The topological polar surface area (TPSA) is 0 Å². The van der Waals surface area contributed by atoms with Crippen molar-refractivity contribution < 1.29 is 0 Å². The van der Waals surface area contributed by atoms with Gasteiger partial charge in [0, 0.05) is 0 Å². The number of allylic oxidation sites excluding steroid dienone is 4. The molecule has 0 aliphatic heterocycles. The van der Waals surface area contributed by atoms with Crippen LogP contribution in [0.15, 0.2) is 23.3 Å². The normalized spacial score (nSPS) is 18.1. The summed E-state index contributed by atoms with van der Waals surface area (Å²) < 4.78 is 0. The van der Waals surface area contributed by atoms with Gasteiger partial charge in [-0.3, -0.25) is 0 Å². The largest absolute Gasteiger partial charge is 0.0917 e. The van der Waals surface area contributed by atoms with Crippen LogP contribution in [0, 0.1) is 0 Å². The van der Waals surface area contributed by atoms with E-state index < -0.39 is 0 Å². The highest BCUT2D eigenvalue weighted by molar-refractivity contribution is 5.14. The van der Waals surface area contributed by atoms with Crippen LogP contribution in [0.1, 0.15) is 65.2 Å². The summed E-state index contributed by atoms with van der Waals surface area (Å²) in [6, 6.07) is 0. The predicted octanol–water partition coefficient (Wildman–Crippen LogP) is 5.01. The SMILES string of the molecule is C/C=C/CCCCC1=C(C)CCCC1. The smallest absolute Gasteiger partial charge is 0.0318 e. The molecule has 0 heteroatoms. The van der Waals surface area contributed by atoms with E-state index in [2.05, 4.69) is 26.0 Å². The van der Waals surface area contributed by atoms with Crippen LogP contribution in [0.2, 0.25) is 0 Å². The molecule has 14 heavy (non-hydrogen) atoms. The summed E-state index contributed by atoms with van der Waals surface area (Å²) in [5.74, 6) is 0. The van der Waals surface area contributed by atoms with Crippen LogP contribution >= 0.6 is 0 Å². The van der Waals surface area contributed by atoms with Crippen LogP contribution in [0.25, 0.3) is 0 Å². The molecule has 80 valence electrons. The number of hydrogen-bond donors (Lipinski definition) is 0. The van der Waals surface area contributed by atoms with Gasteiger partial charge in [0.2, 0.25) is 0 Å². The molecule has 0 aromatic rings. The van der Waals surface area contributed by atoms with E-state index in [1.165, 1.54) is 51.4 Å². The average Bonchev–Trinajstić information content (AvgIpc) is 2.20. The molecule has 0 atom stereocenters. The minimum absolute atomic E-state index is 1.27. The Balaban J connectivity index is 2.16. The lowest BCUT2D eigenvalue weighted by Crippen LogP contribution is -1.97. The fourth-order valence-electron chi connectivity index (χ4n) is 2.22. The molecule has 0 aromatic heterocycles. The second-order valence-corrected chi connectivity index (χ2v) is 4.41. The van der Waals surface area contributed by atoms with Crippen molar-refractivity contribution in [3.05, 3.63) is 23.3 Å². The van der Waals surface area contributed by atoms with Gasteiger partial charge in [0.1, 0.15) is 0 Å². The monoisotopic (exact) mass is 192 g/mol. The van der Waals surface area contributed by atoms with Gasteiger partial charge in [0.15, 0.2) is 0 Å². The molecule has 1 aliphatic carbocycles. The molecule has 0 saturated heterocycles. The highest BCUT2D eigenvalue weighted by Crippen LogP contribution is 2.27. The third kappa shape index (κ3) is 4.13. The van der Waals surface area contributed by atoms with E-state index in [-0.39, 0.29) is 0 Å². The summed E-state index contributed by atoms with van der Waals surface area (Å²) >= 11 is 0. The standard InChI is InChI=1S/C14H24/c1-3-4-5-6-7-11-14-12-9-8-10-13(14)2/h3-4H,5-12H2,1-2H3/b4-3+. The Bertz CT molecular complexity index is 208. The van der Waals surface area contributed by atoms with E-state index in [9.17, 15) is 0 Å². The van der Waals surface area contributed by atoms with Gasteiger partial charge in [-0.2, -0.15) is 0 Å². The van der Waals surface area contributed by atoms with Gasteiger partial charge in [0.05, 0.1) is 0 Å². The van der Waals surface area contributed by atoms with Gasteiger partial charge < -0.3 is 0 Å². The molecule has 0 saturated carbocycles. The lowest BCUT2D eigenvalue weighted by atomic mass is 9.89. The first-order chi connectivity index (χ1) is 6.84. The van der Waals surface area contributed by atoms with Crippen molar-refractivity contribution in [3.63, 3.8) is 0 Å². The number of unbranched alkanes of at least 4 members (excludes halogenated alkanes) is 2. The van der Waals surface area contributed by atoms with Crippen molar-refractivity contribution in [1.29, 1.82) is 0 Å². The van der Waals surface area contributed by atoms with Gasteiger partial charge in [-0.05, 0) is 65.2 Å². The van der Waals surface area contributed by atoms with Crippen LogP contribution in [-0.2, 0) is 0 Å². The Morgan fingerprint density at radius 1 is 1.14 bits per heavy atom. The summed E-state index contributed by atoms with van der Waals surface area (Å²) in [5, 5.41) is 0. The van der Waals surface area contributed by atoms with Crippen molar-refractivity contribution in [2.75, 3.05) is 0 Å². The summed E-state index contributed by atoms with van der Waals surface area (Å²) in [5.41, 5.74) is 3.47. The van der Waals surface area contributed by atoms with Crippen molar-refractivity contribution in [3.8, 4) is 0 Å². The molecule has 0 heterocycles. The molecule has 1 rings (SSSR count). The van der Waals surface area contributed by atoms with E-state index in [4.69, 9.17) is 0 Å². The van der Waals surface area contributed by atoms with E-state index >= 15 is 0 Å². The Kier molecular flexibility index (Phi) is 5.66. The van der Waals surface area contributed by atoms with Crippen LogP contribution in [-0.4, -0.2) is 0 Å². The lowest BCUT2D eigenvalue weighted by Gasteiger charge is -2.17. The predicted molar refractivity (Wildman–Crippen MR) is 64.5 cm³/mol. The molecule has 0 unspecified atom stereocenters. The highest BCUT2D eigenvalue weighted by atomic mass is 14.1. The zero-order valence-electron chi connectivity index (χ0n) is 9.81. The maximum atomic E-state index is 2.33. The maximum absolute atomic E-state index is 2.33. The van der Waals surface area contributed by atoms with E-state index in [0.717, 1.165) is 0 Å². The van der Waals surface area contributed by atoms with Gasteiger partial charge in [-0.15, -0.1) is 0 Å². The minimum Gasteiger partial charge on any atom is -0.0917 e. The molecule has 0 nitrogen and oxygen atoms in total. The summed E-state index contributed by atoms with van der Waals surface area (Å²) in [6.07, 6.45) is 15.4. The Hall–Kier alpha value is -0.520. The van der Waals surface area contributed by atoms with Crippen LogP contribution < -0.4 is 0 Å². The Labute approximate surface area is 89.1 Å². The maximum Gasteiger partial charge on any atom is -0.0318 e. The molecule has 0 fully saturated rings. The average molecular weight is 192 g/mol. The first-order valence-corrected chi connectivity index (χ1v) is 6.13. The lowest BCUT2D eigenvalue weighted by molar-refractivity contribution is 0.625. The van der Waals surface area contributed by atoms with Crippen molar-refractivity contribution >= 4 is 0 Å². The zero-order chi connectivity index (χ0) is 10.2. The fraction of sp³-hybridized carbons (Fsp3) is 0.714. The molecule has 0 amide bonds. The first kappa shape index (κ1) is 11.6. The van der Waals surface area contributed by atoms with Crippen LogP contribution in [0.3, 0.4) is 0 Å². The molecule has 1 aliphatic rings. The van der Waals surface area contributed by atoms with Crippen molar-refractivity contribution in [1.82, 2.24) is 0 Å². The summed E-state index contributed by atoms with van der Waals surface area (Å²) in [4.78, 5) is 0. The molecule has 0 bridgehead atoms. The Morgan fingerprint density at radius 3 is 2.64 bits per heavy atom. The second kappa shape index (κ2) is 6.86. The van der Waals surface area contributed by atoms with E-state index in [0.29, 0.717) is 0 Å². The van der Waals surface area contributed by atoms with E-state index in [1.54, 1.807) is 11.1 Å². The van der Waals surface area contributed by atoms with Gasteiger partial charge in [-0.1, -0.05) is 23.3 Å². The summed E-state index contributed by atoms with van der Waals surface area (Å²) in [7, 11) is 0. The van der Waals surface area contributed by atoms with Gasteiger partial charge in [0.25, 0.3) is 0 Å². The highest BCUT2D eigenvalue weighted by Gasteiger charge is 2.07. The minimum atomic E-state index is 1.27. The van der Waals surface area contributed by atoms with Gasteiger partial charge in [-0.25, -0.2) is 0 Å². The second-order valence-electron chi connectivity index (χ2n) is 4.41. The van der Waals surface area contributed by atoms with Crippen LogP contribution in [0.4, 0.5) is 0 Å². The first-order valence-electron chi connectivity index (χ1n) is 6.13. The fourth-order valence-corrected chi connectivity index (χ4v) is 2.22. The summed E-state index contributed by atoms with van der Waals surface area (Å²) in [6.45, 7) is 4.44. The molecule has 0 spiro atoms. The number of rotatable bonds is 5. The third-order valence-electron chi connectivity index (χ3n) is 3.22. The van der Waals surface area contributed by atoms with Crippen molar-refractivity contribution in [2.24, 2.45) is 0 Å².